The molecule has 2 aromatic carbocycles. The van der Waals surface area contributed by atoms with Crippen LogP contribution in [0.15, 0.2) is 54.6 Å². The van der Waals surface area contributed by atoms with Crippen LogP contribution in [0.4, 0.5) is 5.69 Å². The van der Waals surface area contributed by atoms with Crippen molar-refractivity contribution in [3.05, 3.63) is 65.7 Å². The first-order valence-corrected chi connectivity index (χ1v) is 13.9. The van der Waals surface area contributed by atoms with E-state index < -0.39 is 28.5 Å². The van der Waals surface area contributed by atoms with E-state index in [9.17, 15) is 18.0 Å². The number of sulfonamides is 1. The van der Waals surface area contributed by atoms with Crippen LogP contribution in [-0.2, 0) is 31.6 Å². The van der Waals surface area contributed by atoms with Gasteiger partial charge in [0.2, 0.25) is 21.8 Å². The lowest BCUT2D eigenvalue weighted by Gasteiger charge is -2.33. The van der Waals surface area contributed by atoms with Gasteiger partial charge >= 0.3 is 0 Å². The number of hydrogen-bond donors (Lipinski definition) is 1. The van der Waals surface area contributed by atoms with Crippen molar-refractivity contribution in [1.82, 2.24) is 10.2 Å². The number of carbonyl (C=O) groups is 2. The molecule has 0 aliphatic heterocycles. The zero-order valence-electron chi connectivity index (χ0n) is 21.7. The van der Waals surface area contributed by atoms with Crippen molar-refractivity contribution in [2.24, 2.45) is 0 Å². The van der Waals surface area contributed by atoms with E-state index in [-0.39, 0.29) is 17.9 Å². The molecular formula is C27H39N3O4S. The molecule has 0 fully saturated rings. The quantitative estimate of drug-likeness (QED) is 0.503. The minimum atomic E-state index is -3.75. The minimum Gasteiger partial charge on any atom is -0.354 e. The molecule has 0 saturated carbocycles. The molecule has 8 heteroatoms. The molecule has 1 N–H and O–H groups in total. The molecule has 7 nitrogen and oxygen atoms in total. The van der Waals surface area contributed by atoms with Gasteiger partial charge in [-0.15, -0.1) is 0 Å². The van der Waals surface area contributed by atoms with E-state index in [0.29, 0.717) is 18.7 Å². The van der Waals surface area contributed by atoms with Crippen LogP contribution < -0.4 is 9.62 Å². The van der Waals surface area contributed by atoms with Gasteiger partial charge in [-0.05, 0) is 41.5 Å². The van der Waals surface area contributed by atoms with Crippen LogP contribution in [0.1, 0.15) is 58.6 Å². The molecule has 0 radical (unpaired) electrons. The van der Waals surface area contributed by atoms with Crippen molar-refractivity contribution in [3.8, 4) is 0 Å². The third-order valence-corrected chi connectivity index (χ3v) is 6.97. The Morgan fingerprint density at radius 2 is 1.57 bits per heavy atom. The molecule has 2 rings (SSSR count). The third-order valence-electron chi connectivity index (χ3n) is 5.83. The maximum Gasteiger partial charge on any atom is 0.244 e. The Hall–Kier alpha value is -2.87. The van der Waals surface area contributed by atoms with Gasteiger partial charge in [0.1, 0.15) is 12.6 Å². The topological polar surface area (TPSA) is 86.8 Å². The van der Waals surface area contributed by atoms with Gasteiger partial charge in [-0.1, -0.05) is 77.1 Å². The summed E-state index contributed by atoms with van der Waals surface area (Å²) in [6.45, 7) is 10.4. The van der Waals surface area contributed by atoms with E-state index in [1.807, 2.05) is 56.3 Å². The van der Waals surface area contributed by atoms with Crippen LogP contribution in [0.3, 0.4) is 0 Å². The average Bonchev–Trinajstić information content (AvgIpc) is 2.80. The SMILES string of the molecule is CCCNC(=O)[C@@H](CC)N(Cc1ccccc1)C(=O)CN(c1ccc(C(C)(C)C)cc1)S(C)(=O)=O. The van der Waals surface area contributed by atoms with Gasteiger partial charge < -0.3 is 10.2 Å². The molecule has 0 bridgehead atoms. The van der Waals surface area contributed by atoms with Crippen LogP contribution in [0, 0.1) is 0 Å². The van der Waals surface area contributed by atoms with Gasteiger partial charge in [-0.2, -0.15) is 0 Å². The highest BCUT2D eigenvalue weighted by molar-refractivity contribution is 7.92. The predicted octanol–water partition coefficient (Wildman–Crippen LogP) is 4.08. The molecule has 0 saturated heterocycles. The number of carbonyl (C=O) groups excluding carboxylic acids is 2. The number of nitrogens with zero attached hydrogens (tertiary/aromatic N) is 2. The largest absolute Gasteiger partial charge is 0.354 e. The van der Waals surface area contributed by atoms with E-state index in [2.05, 4.69) is 26.1 Å². The van der Waals surface area contributed by atoms with Gasteiger partial charge in [0.15, 0.2) is 0 Å². The Bertz CT molecular complexity index is 1080. The fourth-order valence-corrected chi connectivity index (χ4v) is 4.66. The Kier molecular flexibility index (Phi) is 9.89. The molecule has 0 aliphatic carbocycles. The van der Waals surface area contributed by atoms with E-state index in [1.165, 1.54) is 4.90 Å². The maximum absolute atomic E-state index is 13.6. The lowest BCUT2D eigenvalue weighted by atomic mass is 9.87. The van der Waals surface area contributed by atoms with Crippen LogP contribution in [0.2, 0.25) is 0 Å². The summed E-state index contributed by atoms with van der Waals surface area (Å²) >= 11 is 0. The molecule has 0 aliphatic rings. The summed E-state index contributed by atoms with van der Waals surface area (Å²) in [4.78, 5) is 28.0. The molecule has 0 spiro atoms. The van der Waals surface area contributed by atoms with Crippen LogP contribution in [0.25, 0.3) is 0 Å². The monoisotopic (exact) mass is 501 g/mol. The van der Waals surface area contributed by atoms with Gasteiger partial charge in [0, 0.05) is 13.1 Å². The van der Waals surface area contributed by atoms with Gasteiger partial charge in [0.05, 0.1) is 11.9 Å². The van der Waals surface area contributed by atoms with Crippen molar-refractivity contribution in [3.63, 3.8) is 0 Å². The van der Waals surface area contributed by atoms with Crippen molar-refractivity contribution in [1.29, 1.82) is 0 Å². The zero-order chi connectivity index (χ0) is 26.2. The summed E-state index contributed by atoms with van der Waals surface area (Å²) in [6, 6.07) is 15.9. The number of nitrogens with one attached hydrogen (secondary N) is 1. The van der Waals surface area contributed by atoms with E-state index in [4.69, 9.17) is 0 Å². The highest BCUT2D eigenvalue weighted by atomic mass is 32.2. The fourth-order valence-electron chi connectivity index (χ4n) is 3.81. The summed E-state index contributed by atoms with van der Waals surface area (Å²) in [7, 11) is -3.75. The van der Waals surface area contributed by atoms with Crippen molar-refractivity contribution in [2.45, 2.75) is 65.5 Å². The summed E-state index contributed by atoms with van der Waals surface area (Å²) in [5, 5.41) is 2.88. The molecule has 0 unspecified atom stereocenters. The Morgan fingerprint density at radius 1 is 0.971 bits per heavy atom. The number of amides is 2. The Morgan fingerprint density at radius 3 is 2.06 bits per heavy atom. The number of anilines is 1. The Balaban J connectivity index is 2.40. The minimum absolute atomic E-state index is 0.0864. The first-order chi connectivity index (χ1) is 16.4. The number of rotatable bonds is 11. The van der Waals surface area contributed by atoms with E-state index in [0.717, 1.165) is 28.1 Å². The van der Waals surface area contributed by atoms with Gasteiger partial charge in [-0.25, -0.2) is 8.42 Å². The summed E-state index contributed by atoms with van der Waals surface area (Å²) in [5.41, 5.74) is 2.25. The smallest absolute Gasteiger partial charge is 0.244 e. The molecule has 0 heterocycles. The highest BCUT2D eigenvalue weighted by Gasteiger charge is 2.31. The summed E-state index contributed by atoms with van der Waals surface area (Å²) in [6.07, 6.45) is 2.28. The fraction of sp³-hybridized carbons (Fsp3) is 0.481. The normalized spacial score (nSPS) is 12.6. The molecule has 192 valence electrons. The molecule has 2 aromatic rings. The molecule has 1 atom stereocenters. The first kappa shape index (κ1) is 28.4. The zero-order valence-corrected chi connectivity index (χ0v) is 22.6. The first-order valence-electron chi connectivity index (χ1n) is 12.1. The van der Waals surface area contributed by atoms with E-state index in [1.54, 1.807) is 12.1 Å². The van der Waals surface area contributed by atoms with Crippen LogP contribution in [-0.4, -0.2) is 50.5 Å². The van der Waals surface area contributed by atoms with E-state index >= 15 is 0 Å². The van der Waals surface area contributed by atoms with Crippen molar-refractivity contribution < 1.29 is 18.0 Å². The summed E-state index contributed by atoms with van der Waals surface area (Å²) < 4.78 is 26.5. The number of benzene rings is 2. The second-order valence-electron chi connectivity index (χ2n) is 9.79. The Labute approximate surface area is 210 Å². The number of hydrogen-bond acceptors (Lipinski definition) is 4. The van der Waals surface area contributed by atoms with Gasteiger partial charge in [0.25, 0.3) is 0 Å². The lowest BCUT2D eigenvalue weighted by molar-refractivity contribution is -0.140. The third kappa shape index (κ3) is 8.09. The molecule has 2 amide bonds. The molecule has 0 aromatic heterocycles. The molecular weight excluding hydrogens is 462 g/mol. The predicted molar refractivity (Wildman–Crippen MR) is 142 cm³/mol. The van der Waals surface area contributed by atoms with Crippen LogP contribution in [0.5, 0.6) is 0 Å². The average molecular weight is 502 g/mol. The second-order valence-corrected chi connectivity index (χ2v) is 11.7. The standard InChI is InChI=1S/C27H39N3O4S/c1-7-18-28-26(32)24(8-2)29(19-21-12-10-9-11-13-21)25(31)20-30(35(6,33)34)23-16-14-22(15-17-23)27(3,4)5/h9-17,24H,7-8,18-20H2,1-6H3,(H,28,32)/t24-/m1/s1. The van der Waals surface area contributed by atoms with Crippen molar-refractivity contribution in [2.75, 3.05) is 23.7 Å². The van der Waals surface area contributed by atoms with Gasteiger partial charge in [-0.3, -0.25) is 13.9 Å². The highest BCUT2D eigenvalue weighted by Crippen LogP contribution is 2.26. The van der Waals surface area contributed by atoms with Crippen molar-refractivity contribution >= 4 is 27.5 Å². The lowest BCUT2D eigenvalue weighted by Crippen LogP contribution is -2.52. The molecule has 35 heavy (non-hydrogen) atoms. The second kappa shape index (κ2) is 12.2. The summed E-state index contributed by atoms with van der Waals surface area (Å²) in [5.74, 6) is -0.670. The van der Waals surface area contributed by atoms with Crippen LogP contribution >= 0.6 is 0 Å². The maximum atomic E-state index is 13.6.